The summed E-state index contributed by atoms with van der Waals surface area (Å²) in [6.07, 6.45) is 0.798. The molecule has 1 aromatic carbocycles. The van der Waals surface area contributed by atoms with Crippen LogP contribution in [0, 0.1) is 6.92 Å². The van der Waals surface area contributed by atoms with Gasteiger partial charge in [0.05, 0.1) is 20.8 Å². The Bertz CT molecular complexity index is 962. The monoisotopic (exact) mass is 427 g/mol. The molecule has 1 fully saturated rings. The van der Waals surface area contributed by atoms with Crippen LogP contribution in [0.2, 0.25) is 0 Å². The lowest BCUT2D eigenvalue weighted by Gasteiger charge is -2.36. The van der Waals surface area contributed by atoms with Gasteiger partial charge in [-0.2, -0.15) is 0 Å². The van der Waals surface area contributed by atoms with Crippen molar-refractivity contribution in [3.8, 4) is 11.5 Å². The molecule has 4 rings (SSSR count). The molecule has 0 unspecified atom stereocenters. The third-order valence-electron chi connectivity index (χ3n) is 6.04. The SMILES string of the molecule is COc1cc2c(cc1OC)CN(C(=O)CN1CCN(C(=O)c3ccc(C)o3)CC1)CC2. The summed E-state index contributed by atoms with van der Waals surface area (Å²) in [5.74, 6) is 2.53. The normalized spacial score (nSPS) is 16.7. The van der Waals surface area contributed by atoms with Gasteiger partial charge in [-0.3, -0.25) is 14.5 Å². The van der Waals surface area contributed by atoms with Crippen LogP contribution in [0.15, 0.2) is 28.7 Å². The number of piperazine rings is 1. The molecule has 2 aliphatic rings. The minimum atomic E-state index is -0.0870. The number of nitrogens with zero attached hydrogens (tertiary/aromatic N) is 3. The number of benzene rings is 1. The zero-order valence-corrected chi connectivity index (χ0v) is 18.3. The van der Waals surface area contributed by atoms with Gasteiger partial charge in [0.15, 0.2) is 17.3 Å². The van der Waals surface area contributed by atoms with Crippen LogP contribution in [0.5, 0.6) is 11.5 Å². The van der Waals surface area contributed by atoms with Crippen molar-refractivity contribution in [1.29, 1.82) is 0 Å². The van der Waals surface area contributed by atoms with E-state index < -0.39 is 0 Å². The van der Waals surface area contributed by atoms with Crippen LogP contribution in [-0.2, 0) is 17.8 Å². The zero-order chi connectivity index (χ0) is 22.0. The summed E-state index contributed by atoms with van der Waals surface area (Å²) in [6.45, 7) is 5.98. The highest BCUT2D eigenvalue weighted by atomic mass is 16.5. The fraction of sp³-hybridized carbons (Fsp3) is 0.478. The Kier molecular flexibility index (Phi) is 6.18. The third kappa shape index (κ3) is 4.54. The van der Waals surface area contributed by atoms with Gasteiger partial charge in [0.2, 0.25) is 5.91 Å². The first-order valence-corrected chi connectivity index (χ1v) is 10.6. The van der Waals surface area contributed by atoms with Gasteiger partial charge in [0, 0.05) is 39.3 Å². The lowest BCUT2D eigenvalue weighted by Crippen LogP contribution is -2.51. The van der Waals surface area contributed by atoms with Crippen molar-refractivity contribution < 1.29 is 23.5 Å². The maximum Gasteiger partial charge on any atom is 0.289 e. The maximum atomic E-state index is 12.9. The molecule has 2 amide bonds. The first kappa shape index (κ1) is 21.2. The molecular formula is C23H29N3O5. The Morgan fingerprint density at radius 3 is 2.23 bits per heavy atom. The van der Waals surface area contributed by atoms with Gasteiger partial charge < -0.3 is 23.7 Å². The number of ether oxygens (including phenoxy) is 2. The van der Waals surface area contributed by atoms with E-state index >= 15 is 0 Å². The van der Waals surface area contributed by atoms with E-state index in [1.54, 1.807) is 31.3 Å². The molecule has 1 aromatic heterocycles. The minimum Gasteiger partial charge on any atom is -0.493 e. The van der Waals surface area contributed by atoms with Crippen LogP contribution in [0.4, 0.5) is 0 Å². The Morgan fingerprint density at radius 2 is 1.61 bits per heavy atom. The van der Waals surface area contributed by atoms with Gasteiger partial charge in [0.25, 0.3) is 5.91 Å². The van der Waals surface area contributed by atoms with E-state index in [1.807, 2.05) is 24.0 Å². The third-order valence-corrected chi connectivity index (χ3v) is 6.04. The molecule has 2 aliphatic heterocycles. The quantitative estimate of drug-likeness (QED) is 0.726. The Balaban J connectivity index is 1.31. The second-order valence-corrected chi connectivity index (χ2v) is 8.02. The van der Waals surface area contributed by atoms with Crippen molar-refractivity contribution in [2.24, 2.45) is 0 Å². The van der Waals surface area contributed by atoms with Gasteiger partial charge in [-0.25, -0.2) is 0 Å². The topological polar surface area (TPSA) is 75.5 Å². The summed E-state index contributed by atoms with van der Waals surface area (Å²) in [6, 6.07) is 7.48. The number of hydrogen-bond acceptors (Lipinski definition) is 6. The number of amides is 2. The fourth-order valence-electron chi connectivity index (χ4n) is 4.20. The Labute approximate surface area is 182 Å². The fourth-order valence-corrected chi connectivity index (χ4v) is 4.20. The predicted octanol–water partition coefficient (Wildman–Crippen LogP) is 1.95. The zero-order valence-electron chi connectivity index (χ0n) is 18.3. The molecule has 8 heteroatoms. The van der Waals surface area contributed by atoms with Gasteiger partial charge >= 0.3 is 0 Å². The van der Waals surface area contributed by atoms with E-state index in [9.17, 15) is 9.59 Å². The molecule has 166 valence electrons. The molecule has 0 N–H and O–H groups in total. The number of aryl methyl sites for hydroxylation is 1. The van der Waals surface area contributed by atoms with Crippen LogP contribution < -0.4 is 9.47 Å². The number of furan rings is 1. The molecule has 3 heterocycles. The minimum absolute atomic E-state index is 0.0870. The first-order valence-electron chi connectivity index (χ1n) is 10.6. The highest BCUT2D eigenvalue weighted by Crippen LogP contribution is 2.33. The molecule has 0 radical (unpaired) electrons. The average Bonchev–Trinajstić information content (AvgIpc) is 3.23. The van der Waals surface area contributed by atoms with Gasteiger partial charge in [-0.15, -0.1) is 0 Å². The van der Waals surface area contributed by atoms with Crippen LogP contribution >= 0.6 is 0 Å². The Hall–Kier alpha value is -3.00. The number of methoxy groups -OCH3 is 2. The summed E-state index contributed by atoms with van der Waals surface area (Å²) in [5.41, 5.74) is 2.29. The summed E-state index contributed by atoms with van der Waals surface area (Å²) in [7, 11) is 3.25. The molecule has 0 aliphatic carbocycles. The number of carbonyl (C=O) groups is 2. The standard InChI is InChI=1S/C23H29N3O5/c1-16-4-5-19(31-16)23(28)25-10-8-24(9-11-25)15-22(27)26-7-6-17-12-20(29-2)21(30-3)13-18(17)14-26/h4-5,12-13H,6-11,14-15H2,1-3H3. The van der Waals surface area contributed by atoms with E-state index in [1.165, 1.54) is 5.56 Å². The average molecular weight is 428 g/mol. The van der Waals surface area contributed by atoms with E-state index in [0.29, 0.717) is 57.3 Å². The highest BCUT2D eigenvalue weighted by molar-refractivity contribution is 5.91. The molecular weight excluding hydrogens is 398 g/mol. The van der Waals surface area contributed by atoms with E-state index in [-0.39, 0.29) is 11.8 Å². The second kappa shape index (κ2) is 9.01. The molecule has 8 nitrogen and oxygen atoms in total. The van der Waals surface area contributed by atoms with Crippen LogP contribution in [-0.4, -0.2) is 80.0 Å². The van der Waals surface area contributed by atoms with Gasteiger partial charge in [-0.1, -0.05) is 0 Å². The molecule has 31 heavy (non-hydrogen) atoms. The van der Waals surface area contributed by atoms with Crippen molar-refractivity contribution >= 4 is 11.8 Å². The lowest BCUT2D eigenvalue weighted by atomic mass is 9.98. The van der Waals surface area contributed by atoms with E-state index in [4.69, 9.17) is 13.9 Å². The number of carbonyl (C=O) groups excluding carboxylic acids is 2. The van der Waals surface area contributed by atoms with Crippen molar-refractivity contribution in [3.63, 3.8) is 0 Å². The largest absolute Gasteiger partial charge is 0.493 e. The van der Waals surface area contributed by atoms with Crippen molar-refractivity contribution in [1.82, 2.24) is 14.7 Å². The second-order valence-electron chi connectivity index (χ2n) is 8.02. The molecule has 0 spiro atoms. The van der Waals surface area contributed by atoms with E-state index in [2.05, 4.69) is 4.90 Å². The first-order chi connectivity index (χ1) is 15.0. The van der Waals surface area contributed by atoms with Crippen LogP contribution in [0.1, 0.15) is 27.4 Å². The lowest BCUT2D eigenvalue weighted by molar-refractivity contribution is -0.133. The predicted molar refractivity (Wildman–Crippen MR) is 114 cm³/mol. The maximum absolute atomic E-state index is 12.9. The van der Waals surface area contributed by atoms with Crippen molar-refractivity contribution in [2.45, 2.75) is 19.9 Å². The summed E-state index contributed by atoms with van der Waals surface area (Å²) < 4.78 is 16.2. The number of hydrogen-bond donors (Lipinski definition) is 0. The molecule has 1 saturated heterocycles. The van der Waals surface area contributed by atoms with Crippen LogP contribution in [0.25, 0.3) is 0 Å². The van der Waals surface area contributed by atoms with Gasteiger partial charge in [-0.05, 0) is 48.7 Å². The summed E-state index contributed by atoms with van der Waals surface area (Å²) >= 11 is 0. The Morgan fingerprint density at radius 1 is 0.935 bits per heavy atom. The summed E-state index contributed by atoms with van der Waals surface area (Å²) in [4.78, 5) is 31.3. The number of rotatable bonds is 5. The molecule has 0 saturated carbocycles. The number of fused-ring (bicyclic) bond motifs is 1. The smallest absolute Gasteiger partial charge is 0.289 e. The van der Waals surface area contributed by atoms with E-state index in [0.717, 1.165) is 23.5 Å². The molecule has 0 atom stereocenters. The van der Waals surface area contributed by atoms with Crippen LogP contribution in [0.3, 0.4) is 0 Å². The van der Waals surface area contributed by atoms with Crippen molar-refractivity contribution in [2.75, 3.05) is 53.5 Å². The summed E-state index contributed by atoms with van der Waals surface area (Å²) in [5, 5.41) is 0. The van der Waals surface area contributed by atoms with Gasteiger partial charge in [0.1, 0.15) is 5.76 Å². The highest BCUT2D eigenvalue weighted by Gasteiger charge is 2.28. The molecule has 0 bridgehead atoms. The van der Waals surface area contributed by atoms with Crippen molar-refractivity contribution in [3.05, 3.63) is 46.9 Å². The molecule has 2 aromatic rings.